The number of aryl methyl sites for hydroxylation is 10. The molecule has 1 atom stereocenters. The van der Waals surface area contributed by atoms with Gasteiger partial charge in [0.1, 0.15) is 57.6 Å². The summed E-state index contributed by atoms with van der Waals surface area (Å²) in [5.74, 6) is 0.662. The van der Waals surface area contributed by atoms with Crippen LogP contribution in [-0.2, 0) is 48.1 Å². The van der Waals surface area contributed by atoms with Crippen LogP contribution in [-0.4, -0.2) is 24.9 Å². The number of benzene rings is 10. The zero-order valence-electron chi connectivity index (χ0n) is 84.3. The van der Waals surface area contributed by atoms with Crippen LogP contribution in [0.2, 0.25) is 0 Å². The third-order valence-corrected chi connectivity index (χ3v) is 29.4. The fourth-order valence-electron chi connectivity index (χ4n) is 21.1. The number of hydrogen-bond acceptors (Lipinski definition) is 5. The predicted molar refractivity (Wildman–Crippen MR) is 520 cm³/mol. The van der Waals surface area contributed by atoms with Gasteiger partial charge in [-0.25, -0.2) is 44.8 Å². The first kappa shape index (κ1) is 87.9. The molecule has 0 bridgehead atoms. The Hall–Kier alpha value is -11.5. The van der Waals surface area contributed by atoms with E-state index in [1.165, 1.54) is 132 Å². The average Bonchev–Trinajstić information content (AvgIpc) is 0.814. The summed E-state index contributed by atoms with van der Waals surface area (Å²) in [6.07, 6.45) is 32.9. The summed E-state index contributed by atoms with van der Waals surface area (Å²) in [5, 5.41) is 5.34. The van der Waals surface area contributed by atoms with Gasteiger partial charge in [-0.2, -0.15) is 0 Å². The van der Waals surface area contributed by atoms with Gasteiger partial charge in [0.15, 0.2) is 27.6 Å². The Kier molecular flexibility index (Phi) is 26.6. The first-order chi connectivity index (χ1) is 63.7. The molecule has 5 aromatic heterocycles. The standard InChI is InChI=1S/2C24H28FN2.2C23H26FN2.C21H24FN2/c2*1-15-11-21(16(2)17(3)23(15)25)24-20-10-9-19(12-18-7-5-6-8-18)13-22(20)26-14-27(24)4;2*1-14-11-20(15(2)16(3)22(14)24)23-19-10-9-18(17-7-5-6-8-17)12-21(19)25-13-26(23)4;1-12(2)16-7-8-17-19(10-16)23-11-24(6)21(17)18-9-13(3)20(22)15(5)14(18)4/h2*9-11,13-14,18H,5-8,12H2,1-4H3;2*9-13,17H,5-8H2,1-4H3;7-12H,1-6H3/q5*+1/i;;;;1D3,12D. The number of rotatable bonds is 12. The van der Waals surface area contributed by atoms with Crippen LogP contribution in [0.4, 0.5) is 22.0 Å². The molecule has 5 heterocycles. The first-order valence-corrected chi connectivity index (χ1v) is 46.9. The van der Waals surface area contributed by atoms with Crippen molar-refractivity contribution in [1.82, 2.24) is 24.9 Å². The number of fused-ring (bicyclic) bond motifs is 5. The Bertz CT molecular complexity index is 6750. The SMILES string of the molecule is Cc1cc(-c2c3ccc(C4CCCC4)cc3nc[n+]2C)c(C)c(C)c1F.Cc1cc(-c2c3ccc(C4CCCC4)cc3nc[n+]2C)c(C)c(C)c1F.Cc1cc(-c2c3ccc(CC4CCCC4)cc3nc[n+]2C)c(C)c(C)c1F.Cc1cc(-c2c3ccc(CC4CCCC4)cc3nc[n+]2C)c(C)c(C)c1F.[2H]C([2H])([2H])C([2H])(C)c1ccc2c(-c3cc(C)c(F)c(C)c3C)[n+](C)cnc2c1. The van der Waals surface area contributed by atoms with Gasteiger partial charge in [0.2, 0.25) is 0 Å². The molecule has 0 aliphatic heterocycles. The maximum Gasteiger partial charge on any atom is 0.287 e. The van der Waals surface area contributed by atoms with Crippen LogP contribution >= 0.6 is 0 Å². The second kappa shape index (κ2) is 39.3. The van der Waals surface area contributed by atoms with Crippen LogP contribution in [0.5, 0.6) is 0 Å². The Morgan fingerprint density at radius 1 is 0.300 bits per heavy atom. The third-order valence-electron chi connectivity index (χ3n) is 29.4. The number of hydrogen-bond donors (Lipinski definition) is 0. The average molecular weight is 1750 g/mol. The molecule has 0 N–H and O–H groups in total. The lowest BCUT2D eigenvalue weighted by molar-refractivity contribution is -0.662. The molecule has 0 saturated heterocycles. The zero-order chi connectivity index (χ0) is 96.1. The van der Waals surface area contributed by atoms with E-state index in [1.807, 2.05) is 185 Å². The van der Waals surface area contributed by atoms with Crippen molar-refractivity contribution in [1.29, 1.82) is 0 Å². The van der Waals surface area contributed by atoms with Crippen LogP contribution in [0, 0.1) is 145 Å². The monoisotopic (exact) mass is 1750 g/mol. The molecule has 0 radical (unpaired) electrons. The summed E-state index contributed by atoms with van der Waals surface area (Å²) < 4.78 is 113. The molecule has 4 aliphatic rings. The number of aromatic nitrogens is 10. The van der Waals surface area contributed by atoms with E-state index in [1.54, 1.807) is 38.4 Å². The lowest BCUT2D eigenvalue weighted by Crippen LogP contribution is -2.32. The fraction of sp³-hybridized carbons (Fsp3) is 0.391. The van der Waals surface area contributed by atoms with Gasteiger partial charge >= 0.3 is 0 Å². The van der Waals surface area contributed by atoms with E-state index in [9.17, 15) is 22.0 Å². The van der Waals surface area contributed by atoms with Crippen LogP contribution in [0.3, 0.4) is 0 Å². The lowest BCUT2D eigenvalue weighted by Gasteiger charge is -2.14. The van der Waals surface area contributed by atoms with Gasteiger partial charge in [0, 0.05) is 33.3 Å². The maximum atomic E-state index is 14.3. The molecule has 0 spiro atoms. The van der Waals surface area contributed by atoms with Crippen LogP contribution in [0.1, 0.15) is 251 Å². The summed E-state index contributed by atoms with van der Waals surface area (Å²) >= 11 is 0. The van der Waals surface area contributed by atoms with E-state index < -0.39 is 12.7 Å². The molecule has 0 amide bonds. The van der Waals surface area contributed by atoms with Crippen LogP contribution in [0.25, 0.3) is 111 Å². The molecular weight excluding hydrogens is 1620 g/mol. The molecule has 15 aromatic rings. The highest BCUT2D eigenvalue weighted by Crippen LogP contribution is 2.43. The van der Waals surface area contributed by atoms with Crippen molar-refractivity contribution >= 4 is 54.5 Å². The minimum absolute atomic E-state index is 0.101. The number of nitrogens with zero attached hydrogens (tertiary/aromatic N) is 10. The second-order valence-electron chi connectivity index (χ2n) is 38.3. The van der Waals surface area contributed by atoms with Crippen molar-refractivity contribution in [3.8, 4) is 56.3 Å². The van der Waals surface area contributed by atoms with Gasteiger partial charge < -0.3 is 0 Å². The molecule has 4 aliphatic carbocycles. The molecule has 10 aromatic carbocycles. The van der Waals surface area contributed by atoms with Crippen molar-refractivity contribution < 1.29 is 50.3 Å². The Morgan fingerprint density at radius 3 is 0.792 bits per heavy atom. The van der Waals surface area contributed by atoms with Crippen molar-refractivity contribution in [3.05, 3.63) is 293 Å². The highest BCUT2D eigenvalue weighted by atomic mass is 19.1. The largest absolute Gasteiger partial charge is 0.287 e. The molecule has 130 heavy (non-hydrogen) atoms. The topological polar surface area (TPSA) is 83.8 Å². The quantitative estimate of drug-likeness (QED) is 0.0899. The summed E-state index contributed by atoms with van der Waals surface area (Å²) in [7, 11) is 9.93. The Balaban J connectivity index is 0.000000128. The molecule has 4 fully saturated rings. The van der Waals surface area contributed by atoms with Crippen molar-refractivity contribution in [3.63, 3.8) is 0 Å². The first-order valence-electron chi connectivity index (χ1n) is 48.9. The maximum absolute atomic E-state index is 14.3. The van der Waals surface area contributed by atoms with Crippen molar-refractivity contribution in [2.45, 2.75) is 251 Å². The van der Waals surface area contributed by atoms with E-state index in [2.05, 4.69) is 116 Å². The molecule has 1 unspecified atom stereocenters. The zero-order valence-corrected chi connectivity index (χ0v) is 80.3. The minimum atomic E-state index is -2.45. The van der Waals surface area contributed by atoms with Gasteiger partial charge in [0.05, 0.1) is 62.2 Å². The van der Waals surface area contributed by atoms with Crippen molar-refractivity contribution in [2.75, 3.05) is 0 Å². The molecule has 672 valence electrons. The van der Waals surface area contributed by atoms with E-state index >= 15 is 0 Å². The smallest absolute Gasteiger partial charge is 0.232 e. The summed E-state index contributed by atoms with van der Waals surface area (Å²) in [6.45, 7) is 27.2. The second-order valence-corrected chi connectivity index (χ2v) is 38.3. The number of halogens is 5. The molecule has 15 heteroatoms. The summed E-state index contributed by atoms with van der Waals surface area (Å²) in [6, 6.07) is 41.7. The highest BCUT2D eigenvalue weighted by Gasteiger charge is 2.30. The Labute approximate surface area is 772 Å². The van der Waals surface area contributed by atoms with Crippen molar-refractivity contribution in [2.24, 2.45) is 47.1 Å². The summed E-state index contributed by atoms with van der Waals surface area (Å²) in [5.41, 5.74) is 32.9. The van der Waals surface area contributed by atoms with Gasteiger partial charge in [-0.1, -0.05) is 121 Å². The lowest BCUT2D eigenvalue weighted by atomic mass is 9.93. The van der Waals surface area contributed by atoms with E-state index in [0.29, 0.717) is 56.3 Å². The van der Waals surface area contributed by atoms with Crippen LogP contribution < -0.4 is 22.8 Å². The predicted octanol–water partition coefficient (Wildman–Crippen LogP) is 26.9. The Morgan fingerprint density at radius 2 is 0.531 bits per heavy atom. The molecule has 10 nitrogen and oxygen atoms in total. The summed E-state index contributed by atoms with van der Waals surface area (Å²) in [4.78, 5) is 23.2. The fourth-order valence-corrected chi connectivity index (χ4v) is 21.1. The highest BCUT2D eigenvalue weighted by molar-refractivity contribution is 5.96. The van der Waals surface area contributed by atoms with Gasteiger partial charge in [-0.15, -0.1) is 0 Å². The molecule has 4 saturated carbocycles. The molecule has 19 rings (SSSR count). The van der Waals surface area contributed by atoms with Gasteiger partial charge in [-0.3, -0.25) is 0 Å². The van der Waals surface area contributed by atoms with Gasteiger partial charge in [-0.05, 0) is 399 Å². The third kappa shape index (κ3) is 19.0. The van der Waals surface area contributed by atoms with Gasteiger partial charge in [0.25, 0.3) is 31.6 Å². The van der Waals surface area contributed by atoms with E-state index in [4.69, 9.17) is 5.48 Å². The van der Waals surface area contributed by atoms with E-state index in [0.717, 1.165) is 180 Å². The normalized spacial score (nSPS) is 15.4. The minimum Gasteiger partial charge on any atom is -0.232 e. The molecular formula is C115H132F5N10+5. The van der Waals surface area contributed by atoms with Crippen LogP contribution in [0.15, 0.2) is 153 Å². The van der Waals surface area contributed by atoms with E-state index in [-0.39, 0.29) is 29.1 Å².